The third-order valence-electron chi connectivity index (χ3n) is 3.59. The molecule has 1 aliphatic rings. The average Bonchev–Trinajstić information content (AvgIpc) is 2.81. The molecule has 0 bridgehead atoms. The summed E-state index contributed by atoms with van der Waals surface area (Å²) in [6.07, 6.45) is 22.0. The van der Waals surface area contributed by atoms with E-state index in [1.807, 2.05) is 23.7 Å². The summed E-state index contributed by atoms with van der Waals surface area (Å²) < 4.78 is 10.8. The third-order valence-corrected chi connectivity index (χ3v) is 6.18. The number of terminal acetylenes is 1. The van der Waals surface area contributed by atoms with Crippen molar-refractivity contribution >= 4 is 36.2 Å². The van der Waals surface area contributed by atoms with Crippen molar-refractivity contribution in [3.63, 3.8) is 0 Å². The molecule has 0 saturated heterocycles. The van der Waals surface area contributed by atoms with E-state index in [-0.39, 0.29) is 35.9 Å². The van der Waals surface area contributed by atoms with E-state index in [0.29, 0.717) is 0 Å². The maximum absolute atomic E-state index is 10.8. The molecule has 0 aromatic carbocycles. The standard InChI is InChI=1S/C10H17NO2.C8H13NO2.C2H4.C2H.2CH3.2ClH.Ru.2H2/c1-4-6-7-8-9(5-2)11-10(12)13-3;1-11-8(10)9-7-5-3-2-4-6-7;2*1-2;;;;;;;/h4-5,9H,1-2,6-8H2,3H3,(H,11,12);3,5,7H,2,4,6H2,1H3,(H,9,10);1H,2H3;1H;2*1H3;2*1H;;2*1H/q;;;3*-1;;;+2;;/p-2. The smallest absolute Gasteiger partial charge is 0 e. The van der Waals surface area contributed by atoms with Crippen LogP contribution < -0.4 is 10.6 Å². The van der Waals surface area contributed by atoms with Gasteiger partial charge in [-0.05, 0) is 38.5 Å². The Morgan fingerprint density at radius 1 is 1.27 bits per heavy atom. The summed E-state index contributed by atoms with van der Waals surface area (Å²) in [4.78, 5) is 21.5. The molecule has 6 nitrogen and oxygen atoms in total. The number of hydrogen-bond donors (Lipinski definition) is 2. The molecule has 0 aromatic rings. The van der Waals surface area contributed by atoms with Gasteiger partial charge in [0.05, 0.1) is 26.3 Å². The Bertz CT molecular complexity index is 589. The molecule has 0 radical (unpaired) electrons. The van der Waals surface area contributed by atoms with Crippen molar-refractivity contribution in [2.24, 2.45) is 0 Å². The maximum Gasteiger partial charge on any atom is 0 e. The normalized spacial score (nSPS) is 13.8. The third kappa shape index (κ3) is 32.7. The van der Waals surface area contributed by atoms with E-state index < -0.39 is 19.6 Å². The number of hydrogen-bond acceptors (Lipinski definition) is 4. The van der Waals surface area contributed by atoms with Crippen LogP contribution in [-0.2, 0) is 23.0 Å². The minimum atomic E-state index is -1.36. The van der Waals surface area contributed by atoms with Crippen LogP contribution >= 0.6 is 19.4 Å². The second-order valence-electron chi connectivity index (χ2n) is 5.71. The first-order chi connectivity index (χ1) is 14.8. The van der Waals surface area contributed by atoms with Crippen LogP contribution in [0.4, 0.5) is 9.59 Å². The Morgan fingerprint density at radius 3 is 2.18 bits per heavy atom. The Kier molecular flexibility index (Phi) is 41.1. The zero-order valence-corrected chi connectivity index (χ0v) is 23.8. The SMILES string of the molecule is C=CCCCC(C=C)NC(=O)OC.COC(=O)NC1C=CCCC1.C[CH]=[Ru]([Cl])[Cl].[C-]#C.[CH3-].[CH3-].[HH].[HH]. The summed E-state index contributed by atoms with van der Waals surface area (Å²) in [6, 6.07) is 0.170. The fourth-order valence-electron chi connectivity index (χ4n) is 2.08. The number of rotatable bonds is 7. The number of carbonyl (C=O) groups is 2. The van der Waals surface area contributed by atoms with Crippen LogP contribution in [0.5, 0.6) is 0 Å². The Hall–Kier alpha value is -1.61. The van der Waals surface area contributed by atoms with Gasteiger partial charge in [-0.1, -0.05) is 24.3 Å². The van der Waals surface area contributed by atoms with Gasteiger partial charge in [0, 0.05) is 2.85 Å². The molecule has 1 rings (SSSR count). The summed E-state index contributed by atoms with van der Waals surface area (Å²) in [7, 11) is 13.4. The van der Waals surface area contributed by atoms with E-state index in [1.165, 1.54) is 14.2 Å². The van der Waals surface area contributed by atoms with Gasteiger partial charge in [-0.3, -0.25) is 0 Å². The molecule has 0 spiro atoms. The Balaban J connectivity index is -0.0000000654. The van der Waals surface area contributed by atoms with Crippen molar-refractivity contribution in [2.45, 2.75) is 57.5 Å². The van der Waals surface area contributed by atoms with Crippen molar-refractivity contribution in [1.29, 1.82) is 0 Å². The van der Waals surface area contributed by atoms with Gasteiger partial charge in [-0.2, -0.15) is 0 Å². The van der Waals surface area contributed by atoms with Gasteiger partial charge in [-0.25, -0.2) is 9.59 Å². The largest absolute Gasteiger partial charge is 0.697 e. The molecule has 0 heterocycles. The molecule has 2 N–H and O–H groups in total. The van der Waals surface area contributed by atoms with Gasteiger partial charge in [0.2, 0.25) is 0 Å². The second kappa shape index (κ2) is 32.6. The monoisotopic (exact) mass is 597 g/mol. The molecule has 0 aliphatic heterocycles. The van der Waals surface area contributed by atoms with E-state index in [4.69, 9.17) is 25.8 Å². The molecular weight excluding hydrogens is 552 g/mol. The maximum atomic E-state index is 10.8. The molecule has 1 aliphatic carbocycles. The molecular formula is C24H45Cl2N2O4Ru-3. The van der Waals surface area contributed by atoms with Crippen molar-refractivity contribution in [2.75, 3.05) is 14.2 Å². The predicted molar refractivity (Wildman–Crippen MR) is 145 cm³/mol. The van der Waals surface area contributed by atoms with E-state index in [1.54, 1.807) is 6.08 Å². The number of unbranched alkanes of at least 4 members (excludes halogenated alkanes) is 1. The minimum Gasteiger partial charge on any atom is -0.697 e. The summed E-state index contributed by atoms with van der Waals surface area (Å²) >= 11 is -1.36. The molecule has 0 saturated carbocycles. The van der Waals surface area contributed by atoms with Crippen molar-refractivity contribution in [1.82, 2.24) is 10.6 Å². The molecule has 2 unspecified atom stereocenters. The fraction of sp³-hybridized carbons (Fsp3) is 0.458. The first-order valence-electron chi connectivity index (χ1n) is 9.50. The van der Waals surface area contributed by atoms with Gasteiger partial charge in [0.15, 0.2) is 0 Å². The number of nitrogens with one attached hydrogen (secondary N) is 2. The number of methoxy groups -OCH3 is 2. The van der Waals surface area contributed by atoms with E-state index in [2.05, 4.69) is 45.8 Å². The number of halogens is 2. The van der Waals surface area contributed by atoms with Crippen LogP contribution in [0.1, 0.15) is 48.3 Å². The number of ether oxygens (including phenoxy) is 2. The van der Waals surface area contributed by atoms with Crippen LogP contribution in [0.15, 0.2) is 37.5 Å². The van der Waals surface area contributed by atoms with Crippen molar-refractivity contribution < 1.29 is 35.4 Å². The summed E-state index contributed by atoms with van der Waals surface area (Å²) in [5.74, 6) is 0. The average molecular weight is 598 g/mol. The van der Waals surface area contributed by atoms with E-state index >= 15 is 0 Å². The molecule has 9 heteroatoms. The zero-order chi connectivity index (χ0) is 24.5. The quantitative estimate of drug-likeness (QED) is 0.109. The zero-order valence-electron chi connectivity index (χ0n) is 20.5. The van der Waals surface area contributed by atoms with Crippen LogP contribution in [0.3, 0.4) is 0 Å². The Labute approximate surface area is 218 Å². The topological polar surface area (TPSA) is 76.7 Å². The molecule has 2 atom stereocenters. The first kappa shape index (κ1) is 41.6. The minimum absolute atomic E-state index is 0. The van der Waals surface area contributed by atoms with Crippen LogP contribution in [-0.4, -0.2) is 43.1 Å². The fourth-order valence-corrected chi connectivity index (χ4v) is 2.08. The number of carbonyl (C=O) groups excluding carboxylic acids is 2. The van der Waals surface area contributed by atoms with Crippen molar-refractivity contribution in [3.05, 3.63) is 58.7 Å². The number of amides is 2. The first-order valence-corrected chi connectivity index (χ1v) is 15.0. The van der Waals surface area contributed by atoms with Gasteiger partial charge < -0.3 is 47.8 Å². The summed E-state index contributed by atoms with van der Waals surface area (Å²) in [6.45, 7) is 9.13. The molecule has 2 amide bonds. The molecule has 0 fully saturated rings. The van der Waals surface area contributed by atoms with Crippen molar-refractivity contribution in [3.8, 4) is 6.42 Å². The van der Waals surface area contributed by atoms with Gasteiger partial charge in [0.1, 0.15) is 0 Å². The van der Waals surface area contributed by atoms with Gasteiger partial charge >= 0.3 is 56.6 Å². The van der Waals surface area contributed by atoms with Crippen LogP contribution in [0.2, 0.25) is 0 Å². The summed E-state index contributed by atoms with van der Waals surface area (Å²) in [5, 5.41) is 5.38. The molecule has 0 aromatic heterocycles. The van der Waals surface area contributed by atoms with E-state index in [0.717, 1.165) is 38.5 Å². The molecule has 33 heavy (non-hydrogen) atoms. The van der Waals surface area contributed by atoms with Gasteiger partial charge in [0.25, 0.3) is 0 Å². The Morgan fingerprint density at radius 2 is 1.82 bits per heavy atom. The summed E-state index contributed by atoms with van der Waals surface area (Å²) in [5.41, 5.74) is 0. The second-order valence-corrected chi connectivity index (χ2v) is 11.9. The predicted octanol–water partition coefficient (Wildman–Crippen LogP) is 7.04. The number of allylic oxidation sites excluding steroid dienone is 2. The van der Waals surface area contributed by atoms with Crippen LogP contribution in [0.25, 0.3) is 0 Å². The molecule has 200 valence electrons. The van der Waals surface area contributed by atoms with E-state index in [9.17, 15) is 9.59 Å². The van der Waals surface area contributed by atoms with Gasteiger partial charge in [-0.15, -0.1) is 13.2 Å². The van der Waals surface area contributed by atoms with Crippen LogP contribution in [0, 0.1) is 27.7 Å². The number of alkyl carbamates (subject to hydrolysis) is 2.